The van der Waals surface area contributed by atoms with E-state index in [1.807, 2.05) is 12.1 Å². The minimum absolute atomic E-state index is 0.0261. The van der Waals surface area contributed by atoms with Crippen LogP contribution in [0.3, 0.4) is 0 Å². The van der Waals surface area contributed by atoms with Crippen molar-refractivity contribution in [2.45, 2.75) is 24.3 Å². The molecule has 0 radical (unpaired) electrons. The topological polar surface area (TPSA) is 29.1 Å². The molecule has 80 valence electrons. The van der Waals surface area contributed by atoms with E-state index in [4.69, 9.17) is 0 Å². The van der Waals surface area contributed by atoms with Crippen molar-refractivity contribution in [1.29, 1.82) is 0 Å². The summed E-state index contributed by atoms with van der Waals surface area (Å²) in [6.45, 7) is 2.13. The van der Waals surface area contributed by atoms with Gasteiger partial charge in [0.15, 0.2) is 0 Å². The molecule has 2 atom stereocenters. The highest BCUT2D eigenvalue weighted by molar-refractivity contribution is 9.10. The highest BCUT2D eigenvalue weighted by Crippen LogP contribution is 2.29. The van der Waals surface area contributed by atoms with Crippen LogP contribution in [0.1, 0.15) is 23.7 Å². The Kier molecular flexibility index (Phi) is 3.07. The van der Waals surface area contributed by atoms with Crippen molar-refractivity contribution in [1.82, 2.24) is 5.32 Å². The van der Waals surface area contributed by atoms with E-state index in [1.54, 1.807) is 6.07 Å². The van der Waals surface area contributed by atoms with Gasteiger partial charge in [-0.2, -0.15) is 0 Å². The molecule has 1 aliphatic carbocycles. The average Bonchev–Trinajstić information content (AvgIpc) is 2.81. The SMILES string of the molecule is CC1CC1NC(=O)c1ccc(Br)cc1S. The fourth-order valence-electron chi connectivity index (χ4n) is 1.47. The van der Waals surface area contributed by atoms with Gasteiger partial charge in [0.25, 0.3) is 5.91 Å². The first-order chi connectivity index (χ1) is 7.08. The number of nitrogens with one attached hydrogen (secondary N) is 1. The van der Waals surface area contributed by atoms with Crippen LogP contribution in [0.2, 0.25) is 0 Å². The fraction of sp³-hybridized carbons (Fsp3) is 0.364. The van der Waals surface area contributed by atoms with Gasteiger partial charge in [-0.05, 0) is 30.5 Å². The van der Waals surface area contributed by atoms with Crippen LogP contribution in [0.25, 0.3) is 0 Å². The number of thiol groups is 1. The van der Waals surface area contributed by atoms with Crippen molar-refractivity contribution in [3.63, 3.8) is 0 Å². The fourth-order valence-corrected chi connectivity index (χ4v) is 2.32. The molecule has 1 saturated carbocycles. The van der Waals surface area contributed by atoms with E-state index in [-0.39, 0.29) is 5.91 Å². The van der Waals surface area contributed by atoms with Gasteiger partial charge in [-0.15, -0.1) is 12.6 Å². The molecule has 2 unspecified atom stereocenters. The Hall–Kier alpha value is -0.480. The Morgan fingerprint density at radius 1 is 1.60 bits per heavy atom. The second kappa shape index (κ2) is 4.18. The summed E-state index contributed by atoms with van der Waals surface area (Å²) in [5.74, 6) is 0.592. The molecule has 0 spiro atoms. The molecular weight excluding hydrogens is 274 g/mol. The summed E-state index contributed by atoms with van der Waals surface area (Å²) in [5, 5.41) is 2.98. The van der Waals surface area contributed by atoms with Crippen LogP contribution in [0.4, 0.5) is 0 Å². The third-order valence-corrected chi connectivity index (χ3v) is 3.49. The van der Waals surface area contributed by atoms with Gasteiger partial charge in [0, 0.05) is 15.4 Å². The van der Waals surface area contributed by atoms with Crippen molar-refractivity contribution < 1.29 is 4.79 Å². The maximum atomic E-state index is 11.8. The maximum Gasteiger partial charge on any atom is 0.252 e. The van der Waals surface area contributed by atoms with E-state index in [0.717, 1.165) is 10.9 Å². The van der Waals surface area contributed by atoms with Gasteiger partial charge in [0.1, 0.15) is 0 Å². The minimum Gasteiger partial charge on any atom is -0.349 e. The number of benzene rings is 1. The van der Waals surface area contributed by atoms with Crippen LogP contribution in [0.15, 0.2) is 27.6 Å². The normalized spacial score (nSPS) is 23.7. The first-order valence-electron chi connectivity index (χ1n) is 4.87. The lowest BCUT2D eigenvalue weighted by Gasteiger charge is -2.06. The summed E-state index contributed by atoms with van der Waals surface area (Å²) in [6, 6.07) is 5.82. The zero-order valence-corrected chi connectivity index (χ0v) is 10.8. The van der Waals surface area contributed by atoms with Crippen LogP contribution in [-0.4, -0.2) is 11.9 Å². The molecule has 1 aliphatic rings. The lowest BCUT2D eigenvalue weighted by Crippen LogP contribution is -2.26. The maximum absolute atomic E-state index is 11.8. The number of halogens is 1. The minimum atomic E-state index is -0.0261. The van der Waals surface area contributed by atoms with Crippen LogP contribution >= 0.6 is 28.6 Å². The van der Waals surface area contributed by atoms with Crippen molar-refractivity contribution in [3.8, 4) is 0 Å². The highest BCUT2D eigenvalue weighted by Gasteiger charge is 2.34. The number of hydrogen-bond acceptors (Lipinski definition) is 2. The van der Waals surface area contributed by atoms with Crippen molar-refractivity contribution in [3.05, 3.63) is 28.2 Å². The molecule has 0 heterocycles. The lowest BCUT2D eigenvalue weighted by atomic mass is 10.2. The standard InChI is InChI=1S/C11H12BrNOS/c1-6-4-9(6)13-11(14)8-3-2-7(12)5-10(8)15/h2-3,5-6,9,15H,4H2,1H3,(H,13,14). The molecule has 15 heavy (non-hydrogen) atoms. The second-order valence-corrected chi connectivity index (χ2v) is 5.35. The Labute approximate surface area is 103 Å². The van der Waals surface area contributed by atoms with Gasteiger partial charge in [0.05, 0.1) is 5.56 Å². The first-order valence-corrected chi connectivity index (χ1v) is 6.11. The monoisotopic (exact) mass is 285 g/mol. The molecule has 0 aromatic heterocycles. The second-order valence-electron chi connectivity index (χ2n) is 3.95. The zero-order chi connectivity index (χ0) is 11.0. The Balaban J connectivity index is 2.11. The molecule has 1 aromatic rings. The van der Waals surface area contributed by atoms with E-state index in [9.17, 15) is 4.79 Å². The number of hydrogen-bond donors (Lipinski definition) is 2. The summed E-state index contributed by atoms with van der Waals surface area (Å²) >= 11 is 7.62. The van der Waals surface area contributed by atoms with E-state index >= 15 is 0 Å². The third-order valence-electron chi connectivity index (χ3n) is 2.63. The number of carbonyl (C=O) groups is 1. The van der Waals surface area contributed by atoms with Gasteiger partial charge in [0.2, 0.25) is 0 Å². The predicted molar refractivity (Wildman–Crippen MR) is 66.4 cm³/mol. The number of carbonyl (C=O) groups excluding carboxylic acids is 1. The van der Waals surface area contributed by atoms with E-state index in [0.29, 0.717) is 22.4 Å². The molecule has 0 aliphatic heterocycles. The summed E-state index contributed by atoms with van der Waals surface area (Å²) in [5.41, 5.74) is 0.639. The van der Waals surface area contributed by atoms with E-state index < -0.39 is 0 Å². The summed E-state index contributed by atoms with van der Waals surface area (Å²) in [4.78, 5) is 12.5. The Bertz CT molecular complexity index is 408. The van der Waals surface area contributed by atoms with Crippen LogP contribution in [0.5, 0.6) is 0 Å². The number of rotatable bonds is 2. The molecule has 0 bridgehead atoms. The summed E-state index contributed by atoms with van der Waals surface area (Å²) < 4.78 is 0.934. The predicted octanol–water partition coefficient (Wildman–Crippen LogP) is 2.88. The van der Waals surface area contributed by atoms with Gasteiger partial charge < -0.3 is 5.32 Å². The molecule has 2 nitrogen and oxygen atoms in total. The Morgan fingerprint density at radius 2 is 2.27 bits per heavy atom. The van der Waals surface area contributed by atoms with Gasteiger partial charge in [-0.3, -0.25) is 4.79 Å². The van der Waals surface area contributed by atoms with Gasteiger partial charge in [-0.1, -0.05) is 22.9 Å². The summed E-state index contributed by atoms with van der Waals surface area (Å²) in [7, 11) is 0. The van der Waals surface area contributed by atoms with Gasteiger partial charge >= 0.3 is 0 Å². The number of amides is 1. The summed E-state index contributed by atoms with van der Waals surface area (Å²) in [6.07, 6.45) is 1.09. The quantitative estimate of drug-likeness (QED) is 0.804. The van der Waals surface area contributed by atoms with E-state index in [2.05, 4.69) is 40.8 Å². The molecular formula is C11H12BrNOS. The molecule has 2 rings (SSSR count). The molecule has 1 N–H and O–H groups in total. The smallest absolute Gasteiger partial charge is 0.252 e. The highest BCUT2D eigenvalue weighted by atomic mass is 79.9. The van der Waals surface area contributed by atoms with Crippen molar-refractivity contribution in [2.24, 2.45) is 5.92 Å². The van der Waals surface area contributed by atoms with Crippen LogP contribution in [-0.2, 0) is 0 Å². The largest absolute Gasteiger partial charge is 0.349 e. The van der Waals surface area contributed by atoms with Crippen molar-refractivity contribution in [2.75, 3.05) is 0 Å². The van der Waals surface area contributed by atoms with Crippen LogP contribution < -0.4 is 5.32 Å². The van der Waals surface area contributed by atoms with Crippen molar-refractivity contribution >= 4 is 34.5 Å². The molecule has 4 heteroatoms. The molecule has 0 saturated heterocycles. The lowest BCUT2D eigenvalue weighted by molar-refractivity contribution is 0.0946. The Morgan fingerprint density at radius 3 is 2.80 bits per heavy atom. The zero-order valence-electron chi connectivity index (χ0n) is 8.33. The average molecular weight is 286 g/mol. The molecule has 1 fully saturated rings. The van der Waals surface area contributed by atoms with Gasteiger partial charge in [-0.25, -0.2) is 0 Å². The molecule has 1 amide bonds. The third kappa shape index (κ3) is 2.55. The molecule has 1 aromatic carbocycles. The van der Waals surface area contributed by atoms with Crippen LogP contribution in [0, 0.1) is 5.92 Å². The van der Waals surface area contributed by atoms with E-state index in [1.165, 1.54) is 0 Å². The first kappa shape index (κ1) is 11.0.